The van der Waals surface area contributed by atoms with Gasteiger partial charge in [-0.05, 0) is 32.6 Å². The Labute approximate surface area is 92.7 Å². The Kier molecular flexibility index (Phi) is 6.14. The van der Waals surface area contributed by atoms with Crippen LogP contribution in [0.5, 0.6) is 0 Å². The Balaban J connectivity index is 2.35. The highest BCUT2D eigenvalue weighted by atomic mass is 16.5. The first-order valence-corrected chi connectivity index (χ1v) is 6.16. The van der Waals surface area contributed by atoms with Crippen LogP contribution in [0.4, 0.5) is 0 Å². The molecule has 2 nitrogen and oxygen atoms in total. The quantitative estimate of drug-likeness (QED) is 0.571. The fraction of sp³-hybridized carbons (Fsp3) is 0.769. The summed E-state index contributed by atoms with van der Waals surface area (Å²) >= 11 is 0. The molecule has 1 aliphatic heterocycles. The molecule has 86 valence electrons. The summed E-state index contributed by atoms with van der Waals surface area (Å²) in [6.07, 6.45) is 13.2. The average Bonchev–Trinajstić information content (AvgIpc) is 2.21. The molecule has 1 heterocycles. The van der Waals surface area contributed by atoms with Crippen LogP contribution in [0, 0.1) is 0 Å². The first kappa shape index (κ1) is 12.3. The zero-order chi connectivity index (χ0) is 10.9. The van der Waals surface area contributed by atoms with E-state index in [1.807, 2.05) is 13.0 Å². The Morgan fingerprint density at radius 1 is 1.13 bits per heavy atom. The van der Waals surface area contributed by atoms with Gasteiger partial charge in [-0.1, -0.05) is 31.8 Å². The van der Waals surface area contributed by atoms with E-state index >= 15 is 0 Å². The van der Waals surface area contributed by atoms with Gasteiger partial charge in [-0.2, -0.15) is 0 Å². The maximum atomic E-state index is 11.3. The van der Waals surface area contributed by atoms with Crippen molar-refractivity contribution in [1.82, 2.24) is 0 Å². The monoisotopic (exact) mass is 210 g/mol. The molecule has 0 saturated heterocycles. The lowest BCUT2D eigenvalue weighted by atomic mass is 10.1. The van der Waals surface area contributed by atoms with Crippen molar-refractivity contribution in [3.8, 4) is 0 Å². The largest absolute Gasteiger partial charge is 0.460 e. The number of esters is 1. The van der Waals surface area contributed by atoms with E-state index in [-0.39, 0.29) is 12.1 Å². The first-order valence-electron chi connectivity index (χ1n) is 6.16. The summed E-state index contributed by atoms with van der Waals surface area (Å²) in [5, 5.41) is 0. The number of allylic oxidation sites excluding steroid dienone is 1. The third-order valence-electron chi connectivity index (χ3n) is 2.80. The zero-order valence-corrected chi connectivity index (χ0v) is 9.71. The van der Waals surface area contributed by atoms with Crippen molar-refractivity contribution >= 4 is 5.97 Å². The smallest absolute Gasteiger partial charge is 0.330 e. The van der Waals surface area contributed by atoms with Crippen molar-refractivity contribution < 1.29 is 9.53 Å². The second-order valence-corrected chi connectivity index (χ2v) is 4.35. The molecule has 1 aliphatic rings. The summed E-state index contributed by atoms with van der Waals surface area (Å²) < 4.78 is 5.24. The predicted molar refractivity (Wildman–Crippen MR) is 61.6 cm³/mol. The van der Waals surface area contributed by atoms with Crippen LogP contribution in [-0.2, 0) is 9.53 Å². The lowest BCUT2D eigenvalue weighted by molar-refractivity contribution is -0.142. The highest BCUT2D eigenvalue weighted by molar-refractivity contribution is 5.81. The minimum atomic E-state index is -0.179. The summed E-state index contributed by atoms with van der Waals surface area (Å²) in [6.45, 7) is 1.98. The van der Waals surface area contributed by atoms with Gasteiger partial charge in [0.15, 0.2) is 0 Å². The SMILES string of the molecule is CC1CCCCCCCC/C=C/C(=O)O1. The molecule has 1 atom stereocenters. The van der Waals surface area contributed by atoms with Crippen LogP contribution in [0.15, 0.2) is 12.2 Å². The van der Waals surface area contributed by atoms with E-state index in [4.69, 9.17) is 4.74 Å². The summed E-state index contributed by atoms with van der Waals surface area (Å²) in [6, 6.07) is 0. The molecule has 0 saturated carbocycles. The van der Waals surface area contributed by atoms with Crippen molar-refractivity contribution in [3.63, 3.8) is 0 Å². The molecule has 0 aromatic rings. The summed E-state index contributed by atoms with van der Waals surface area (Å²) in [5.41, 5.74) is 0. The fourth-order valence-corrected chi connectivity index (χ4v) is 1.88. The topological polar surface area (TPSA) is 26.3 Å². The summed E-state index contributed by atoms with van der Waals surface area (Å²) in [7, 11) is 0. The lowest BCUT2D eigenvalue weighted by Gasteiger charge is -2.11. The summed E-state index contributed by atoms with van der Waals surface area (Å²) in [5.74, 6) is -0.179. The van der Waals surface area contributed by atoms with E-state index in [1.165, 1.54) is 38.5 Å². The predicted octanol–water partition coefficient (Wildman–Crippen LogP) is 3.61. The molecule has 1 rings (SSSR count). The van der Waals surface area contributed by atoms with Crippen LogP contribution >= 0.6 is 0 Å². The van der Waals surface area contributed by atoms with Crippen molar-refractivity contribution in [2.45, 2.75) is 64.4 Å². The maximum absolute atomic E-state index is 11.3. The number of ether oxygens (including phenoxy) is 1. The van der Waals surface area contributed by atoms with E-state index in [1.54, 1.807) is 6.08 Å². The minimum absolute atomic E-state index is 0.0721. The first-order chi connectivity index (χ1) is 7.29. The fourth-order valence-electron chi connectivity index (χ4n) is 1.88. The number of rotatable bonds is 0. The molecule has 0 N–H and O–H groups in total. The molecule has 0 fully saturated rings. The number of hydrogen-bond donors (Lipinski definition) is 0. The van der Waals surface area contributed by atoms with Crippen molar-refractivity contribution in [2.24, 2.45) is 0 Å². The number of cyclic esters (lactones) is 1. The van der Waals surface area contributed by atoms with Crippen molar-refractivity contribution in [2.75, 3.05) is 0 Å². The molecular weight excluding hydrogens is 188 g/mol. The number of carbonyl (C=O) groups excluding carboxylic acids is 1. The van der Waals surface area contributed by atoms with Gasteiger partial charge in [0.05, 0.1) is 6.10 Å². The molecule has 15 heavy (non-hydrogen) atoms. The van der Waals surface area contributed by atoms with Crippen LogP contribution in [0.1, 0.15) is 58.3 Å². The normalized spacial score (nSPS) is 28.1. The lowest BCUT2D eigenvalue weighted by Crippen LogP contribution is -2.12. The molecule has 0 radical (unpaired) electrons. The van der Waals surface area contributed by atoms with Crippen molar-refractivity contribution in [3.05, 3.63) is 12.2 Å². The number of hydrogen-bond acceptors (Lipinski definition) is 2. The molecular formula is C13H22O2. The van der Waals surface area contributed by atoms with Crippen molar-refractivity contribution in [1.29, 1.82) is 0 Å². The Morgan fingerprint density at radius 2 is 1.80 bits per heavy atom. The molecule has 0 bridgehead atoms. The molecule has 0 aromatic carbocycles. The van der Waals surface area contributed by atoms with Crippen LogP contribution in [0.2, 0.25) is 0 Å². The standard InChI is InChI=1S/C13H22O2/c1-12-10-8-6-4-2-3-5-7-9-11-13(14)15-12/h9,11-12H,2-8,10H2,1H3/b11-9+. The van der Waals surface area contributed by atoms with Gasteiger partial charge in [0.2, 0.25) is 0 Å². The second kappa shape index (κ2) is 7.49. The average molecular weight is 210 g/mol. The van der Waals surface area contributed by atoms with Crippen LogP contribution in [0.3, 0.4) is 0 Å². The van der Waals surface area contributed by atoms with Gasteiger partial charge < -0.3 is 4.74 Å². The summed E-state index contributed by atoms with van der Waals surface area (Å²) in [4.78, 5) is 11.3. The molecule has 2 heteroatoms. The molecule has 0 amide bonds. The Morgan fingerprint density at radius 3 is 2.60 bits per heavy atom. The van der Waals surface area contributed by atoms with E-state index in [0.717, 1.165) is 12.8 Å². The van der Waals surface area contributed by atoms with Crippen LogP contribution < -0.4 is 0 Å². The molecule has 0 aromatic heterocycles. The van der Waals surface area contributed by atoms with Gasteiger partial charge in [-0.3, -0.25) is 0 Å². The van der Waals surface area contributed by atoms with E-state index in [0.29, 0.717) is 0 Å². The Bertz CT molecular complexity index is 209. The van der Waals surface area contributed by atoms with E-state index in [2.05, 4.69) is 0 Å². The molecule has 0 aliphatic carbocycles. The van der Waals surface area contributed by atoms with E-state index < -0.39 is 0 Å². The molecule has 1 unspecified atom stereocenters. The van der Waals surface area contributed by atoms with Crippen LogP contribution in [-0.4, -0.2) is 12.1 Å². The van der Waals surface area contributed by atoms with Gasteiger partial charge >= 0.3 is 5.97 Å². The van der Waals surface area contributed by atoms with E-state index in [9.17, 15) is 4.79 Å². The molecule has 0 spiro atoms. The Hall–Kier alpha value is -0.790. The second-order valence-electron chi connectivity index (χ2n) is 4.35. The van der Waals surface area contributed by atoms with Gasteiger partial charge in [-0.15, -0.1) is 0 Å². The number of carbonyl (C=O) groups is 1. The highest BCUT2D eigenvalue weighted by Crippen LogP contribution is 2.12. The van der Waals surface area contributed by atoms with Gasteiger partial charge in [0, 0.05) is 6.08 Å². The third-order valence-corrected chi connectivity index (χ3v) is 2.80. The zero-order valence-electron chi connectivity index (χ0n) is 9.71. The maximum Gasteiger partial charge on any atom is 0.330 e. The van der Waals surface area contributed by atoms with Gasteiger partial charge in [-0.25, -0.2) is 4.79 Å². The minimum Gasteiger partial charge on any atom is -0.460 e. The van der Waals surface area contributed by atoms with Gasteiger partial charge in [0.1, 0.15) is 0 Å². The van der Waals surface area contributed by atoms with Crippen LogP contribution in [0.25, 0.3) is 0 Å². The van der Waals surface area contributed by atoms with Gasteiger partial charge in [0.25, 0.3) is 0 Å². The third kappa shape index (κ3) is 6.32. The highest BCUT2D eigenvalue weighted by Gasteiger charge is 2.06.